The van der Waals surface area contributed by atoms with Crippen LogP contribution >= 0.6 is 0 Å². The molecule has 3 rings (SSSR count). The van der Waals surface area contributed by atoms with Gasteiger partial charge >= 0.3 is 0 Å². The predicted octanol–water partition coefficient (Wildman–Crippen LogP) is 1.68. The van der Waals surface area contributed by atoms with E-state index in [0.29, 0.717) is 17.7 Å². The highest BCUT2D eigenvalue weighted by Gasteiger charge is 2.34. The van der Waals surface area contributed by atoms with E-state index in [2.05, 4.69) is 10.4 Å². The number of fused-ring (bicyclic) bond motifs is 1. The Morgan fingerprint density at radius 1 is 1.45 bits per heavy atom. The van der Waals surface area contributed by atoms with E-state index in [1.807, 2.05) is 24.3 Å². The molecule has 0 bridgehead atoms. The van der Waals surface area contributed by atoms with Gasteiger partial charge in [0, 0.05) is 13.2 Å². The molecule has 1 aromatic carbocycles. The van der Waals surface area contributed by atoms with Crippen LogP contribution in [0.5, 0.6) is 0 Å². The Bertz CT molecular complexity index is 708. The molecule has 0 spiro atoms. The van der Waals surface area contributed by atoms with Gasteiger partial charge in [0.05, 0.1) is 17.8 Å². The van der Waals surface area contributed by atoms with Crippen molar-refractivity contribution in [2.45, 2.75) is 31.8 Å². The first-order chi connectivity index (χ1) is 10.5. The Balaban J connectivity index is 1.76. The van der Waals surface area contributed by atoms with Crippen molar-refractivity contribution in [1.29, 1.82) is 0 Å². The van der Waals surface area contributed by atoms with Crippen LogP contribution in [0.25, 0.3) is 0 Å². The highest BCUT2D eigenvalue weighted by Crippen LogP contribution is 2.34. The van der Waals surface area contributed by atoms with Crippen molar-refractivity contribution in [3.63, 3.8) is 0 Å². The van der Waals surface area contributed by atoms with Crippen molar-refractivity contribution in [1.82, 2.24) is 15.1 Å². The van der Waals surface area contributed by atoms with Crippen LogP contribution in [0.3, 0.4) is 0 Å². The molecule has 116 valence electrons. The molecule has 0 radical (unpaired) electrons. The van der Waals surface area contributed by atoms with Crippen LogP contribution in [0.4, 0.5) is 0 Å². The predicted molar refractivity (Wildman–Crippen MR) is 83.6 cm³/mol. The summed E-state index contributed by atoms with van der Waals surface area (Å²) in [6, 6.07) is 7.92. The first-order valence-corrected chi connectivity index (χ1v) is 7.59. The second-order valence-electron chi connectivity index (χ2n) is 6.03. The number of rotatable bonds is 3. The number of carbonyl (C=O) groups is 1. The van der Waals surface area contributed by atoms with Crippen LogP contribution in [0, 0.1) is 6.92 Å². The van der Waals surface area contributed by atoms with Crippen molar-refractivity contribution in [3.8, 4) is 0 Å². The number of aryl methyl sites for hydroxylation is 3. The van der Waals surface area contributed by atoms with E-state index in [4.69, 9.17) is 0 Å². The number of hydrogen-bond acceptors (Lipinski definition) is 3. The Hall–Kier alpha value is -2.14. The third-order valence-corrected chi connectivity index (χ3v) is 4.35. The fraction of sp³-hybridized carbons (Fsp3) is 0.412. The van der Waals surface area contributed by atoms with Crippen LogP contribution in [0.2, 0.25) is 0 Å². The molecule has 2 N–H and O–H groups in total. The second-order valence-corrected chi connectivity index (χ2v) is 6.03. The molecule has 1 aliphatic rings. The number of nitrogens with one attached hydrogen (secondary N) is 1. The topological polar surface area (TPSA) is 67.2 Å². The summed E-state index contributed by atoms with van der Waals surface area (Å²) < 4.78 is 1.62. The summed E-state index contributed by atoms with van der Waals surface area (Å²) in [5, 5.41) is 18.0. The van der Waals surface area contributed by atoms with Crippen LogP contribution in [-0.4, -0.2) is 27.3 Å². The summed E-state index contributed by atoms with van der Waals surface area (Å²) in [6.07, 6.45) is 4.27. The summed E-state index contributed by atoms with van der Waals surface area (Å²) in [5.41, 5.74) is 2.36. The average Bonchev–Trinajstić information content (AvgIpc) is 2.84. The van der Waals surface area contributed by atoms with Crippen molar-refractivity contribution in [2.24, 2.45) is 7.05 Å². The lowest BCUT2D eigenvalue weighted by atomic mass is 9.79. The van der Waals surface area contributed by atoms with Gasteiger partial charge in [0.1, 0.15) is 5.60 Å². The van der Waals surface area contributed by atoms with Gasteiger partial charge in [0.2, 0.25) is 0 Å². The molecule has 1 unspecified atom stereocenters. The van der Waals surface area contributed by atoms with Gasteiger partial charge in [-0.05, 0) is 37.3 Å². The molecule has 5 heteroatoms. The molecule has 0 aliphatic heterocycles. The molecule has 5 nitrogen and oxygen atoms in total. The maximum absolute atomic E-state index is 12.3. The fourth-order valence-electron chi connectivity index (χ4n) is 3.23. The normalized spacial score (nSPS) is 20.5. The van der Waals surface area contributed by atoms with Crippen LogP contribution < -0.4 is 5.32 Å². The van der Waals surface area contributed by atoms with E-state index in [1.165, 1.54) is 5.56 Å². The van der Waals surface area contributed by atoms with Gasteiger partial charge in [-0.1, -0.05) is 24.3 Å². The molecule has 1 heterocycles. The Morgan fingerprint density at radius 2 is 2.23 bits per heavy atom. The Labute approximate surface area is 130 Å². The van der Waals surface area contributed by atoms with E-state index in [-0.39, 0.29) is 12.5 Å². The lowest BCUT2D eigenvalue weighted by molar-refractivity contribution is 0.0189. The molecule has 1 aliphatic carbocycles. The van der Waals surface area contributed by atoms with Gasteiger partial charge in [0.25, 0.3) is 5.91 Å². The summed E-state index contributed by atoms with van der Waals surface area (Å²) in [7, 11) is 1.79. The maximum Gasteiger partial charge on any atom is 0.254 e. The summed E-state index contributed by atoms with van der Waals surface area (Å²) in [6.45, 7) is 2.02. The molecular weight excluding hydrogens is 278 g/mol. The molecule has 1 atom stereocenters. The number of nitrogens with zero attached hydrogens (tertiary/aromatic N) is 2. The van der Waals surface area contributed by atoms with Gasteiger partial charge in [-0.2, -0.15) is 5.10 Å². The van der Waals surface area contributed by atoms with Gasteiger partial charge < -0.3 is 10.4 Å². The minimum absolute atomic E-state index is 0.193. The van der Waals surface area contributed by atoms with E-state index in [9.17, 15) is 9.90 Å². The van der Waals surface area contributed by atoms with Crippen LogP contribution in [0.15, 0.2) is 30.5 Å². The van der Waals surface area contributed by atoms with Gasteiger partial charge in [-0.15, -0.1) is 0 Å². The molecule has 1 amide bonds. The third kappa shape index (κ3) is 2.64. The molecule has 22 heavy (non-hydrogen) atoms. The largest absolute Gasteiger partial charge is 0.383 e. The lowest BCUT2D eigenvalue weighted by Crippen LogP contribution is -2.43. The van der Waals surface area contributed by atoms with Gasteiger partial charge in [-0.25, -0.2) is 0 Å². The molecule has 0 saturated heterocycles. The SMILES string of the molecule is Cc1nn(C)cc1C(=O)NCC1(O)CCCc2ccccc21. The quantitative estimate of drug-likeness (QED) is 0.906. The van der Waals surface area contributed by atoms with Crippen LogP contribution in [-0.2, 0) is 19.1 Å². The number of amides is 1. The number of aliphatic hydroxyl groups is 1. The lowest BCUT2D eigenvalue weighted by Gasteiger charge is -2.34. The summed E-state index contributed by atoms with van der Waals surface area (Å²) in [4.78, 5) is 12.3. The monoisotopic (exact) mass is 299 g/mol. The molecular formula is C17H21N3O2. The van der Waals surface area contributed by atoms with Crippen LogP contribution in [0.1, 0.15) is 40.0 Å². The number of aromatic nitrogens is 2. The Morgan fingerprint density at radius 3 is 2.95 bits per heavy atom. The smallest absolute Gasteiger partial charge is 0.254 e. The summed E-state index contributed by atoms with van der Waals surface area (Å²) >= 11 is 0. The minimum atomic E-state index is -0.985. The van der Waals surface area contributed by atoms with Crippen molar-refractivity contribution >= 4 is 5.91 Å². The van der Waals surface area contributed by atoms with Gasteiger partial charge in [-0.3, -0.25) is 9.48 Å². The molecule has 0 fully saturated rings. The highest BCUT2D eigenvalue weighted by atomic mass is 16.3. The van der Waals surface area contributed by atoms with E-state index < -0.39 is 5.60 Å². The minimum Gasteiger partial charge on any atom is -0.383 e. The maximum atomic E-state index is 12.3. The highest BCUT2D eigenvalue weighted by molar-refractivity contribution is 5.95. The molecule has 1 aromatic heterocycles. The molecule has 2 aromatic rings. The van der Waals surface area contributed by atoms with Gasteiger partial charge in [0.15, 0.2) is 0 Å². The summed E-state index contributed by atoms with van der Waals surface area (Å²) in [5.74, 6) is -0.193. The first-order valence-electron chi connectivity index (χ1n) is 7.59. The zero-order chi connectivity index (χ0) is 15.7. The first kappa shape index (κ1) is 14.8. The van der Waals surface area contributed by atoms with E-state index in [0.717, 1.165) is 18.4 Å². The van der Waals surface area contributed by atoms with E-state index in [1.54, 1.807) is 24.9 Å². The second kappa shape index (κ2) is 5.57. The zero-order valence-corrected chi connectivity index (χ0v) is 13.0. The number of benzene rings is 1. The number of carbonyl (C=O) groups excluding carboxylic acids is 1. The van der Waals surface area contributed by atoms with Crippen molar-refractivity contribution < 1.29 is 9.90 Å². The third-order valence-electron chi connectivity index (χ3n) is 4.35. The zero-order valence-electron chi connectivity index (χ0n) is 13.0. The van der Waals surface area contributed by atoms with E-state index >= 15 is 0 Å². The standard InChI is InChI=1S/C17H21N3O2/c1-12-14(10-20(2)19-12)16(21)18-11-17(22)9-5-7-13-6-3-4-8-15(13)17/h3-4,6,8,10,22H,5,7,9,11H2,1-2H3,(H,18,21). The number of hydrogen-bond donors (Lipinski definition) is 2. The Kier molecular flexibility index (Phi) is 3.74. The average molecular weight is 299 g/mol. The fourth-order valence-corrected chi connectivity index (χ4v) is 3.23. The van der Waals surface area contributed by atoms with Crippen molar-refractivity contribution in [3.05, 3.63) is 52.8 Å². The molecule has 0 saturated carbocycles. The van der Waals surface area contributed by atoms with Crippen molar-refractivity contribution in [2.75, 3.05) is 6.54 Å².